The van der Waals surface area contributed by atoms with Crippen molar-refractivity contribution in [1.82, 2.24) is 5.32 Å². The van der Waals surface area contributed by atoms with E-state index in [0.29, 0.717) is 18.6 Å². The Hall–Kier alpha value is -1.73. The summed E-state index contributed by atoms with van der Waals surface area (Å²) in [5.74, 6) is -0.828. The SMILES string of the molecule is CCCCCCC(=O)CCCCCC/C=C/[C@@H](O)[C@H]1OC(=O)[C@@H](NC(C)=O)[C@H]1O. The summed E-state index contributed by atoms with van der Waals surface area (Å²) >= 11 is 0. The minimum atomic E-state index is -1.29. The van der Waals surface area contributed by atoms with Gasteiger partial charge in [-0.05, 0) is 25.7 Å². The van der Waals surface area contributed by atoms with Crippen LogP contribution in [0.4, 0.5) is 0 Å². The number of unbranched alkanes of at least 4 members (excludes halogenated alkanes) is 7. The smallest absolute Gasteiger partial charge is 0.332 e. The first-order chi connectivity index (χ1) is 13.9. The lowest BCUT2D eigenvalue weighted by Gasteiger charge is -2.18. The molecule has 0 bridgehead atoms. The van der Waals surface area contributed by atoms with E-state index >= 15 is 0 Å². The number of carbonyl (C=O) groups is 3. The number of ether oxygens (including phenoxy) is 1. The molecule has 1 aliphatic rings. The number of hydrogen-bond donors (Lipinski definition) is 3. The highest BCUT2D eigenvalue weighted by Gasteiger charge is 2.46. The summed E-state index contributed by atoms with van der Waals surface area (Å²) in [6.45, 7) is 3.40. The number of esters is 1. The number of cyclic esters (lactones) is 1. The minimum Gasteiger partial charge on any atom is -0.455 e. The van der Waals surface area contributed by atoms with Gasteiger partial charge in [-0.15, -0.1) is 0 Å². The molecule has 0 aliphatic carbocycles. The summed E-state index contributed by atoms with van der Waals surface area (Å²) in [6, 6.07) is -1.14. The predicted octanol–water partition coefficient (Wildman–Crippen LogP) is 2.57. The molecule has 3 N–H and O–H groups in total. The zero-order chi connectivity index (χ0) is 21.6. The first-order valence-electron chi connectivity index (χ1n) is 10.9. The van der Waals surface area contributed by atoms with Crippen LogP contribution in [0.5, 0.6) is 0 Å². The summed E-state index contributed by atoms with van der Waals surface area (Å²) in [7, 11) is 0. The Morgan fingerprint density at radius 3 is 2.34 bits per heavy atom. The fourth-order valence-electron chi connectivity index (χ4n) is 3.40. The third kappa shape index (κ3) is 10.0. The van der Waals surface area contributed by atoms with Crippen molar-refractivity contribution in [2.75, 3.05) is 0 Å². The molecule has 0 aromatic carbocycles. The first kappa shape index (κ1) is 25.3. The van der Waals surface area contributed by atoms with E-state index in [2.05, 4.69) is 12.2 Å². The third-order valence-corrected chi connectivity index (χ3v) is 5.10. The summed E-state index contributed by atoms with van der Waals surface area (Å²) in [4.78, 5) is 34.5. The maximum absolute atomic E-state index is 11.8. The molecule has 0 saturated carbocycles. The predicted molar refractivity (Wildman–Crippen MR) is 110 cm³/mol. The third-order valence-electron chi connectivity index (χ3n) is 5.10. The average Bonchev–Trinajstić information content (AvgIpc) is 2.95. The summed E-state index contributed by atoms with van der Waals surface area (Å²) in [5.41, 5.74) is 0. The Labute approximate surface area is 173 Å². The molecular weight excluding hydrogens is 374 g/mol. The fourth-order valence-corrected chi connectivity index (χ4v) is 3.40. The van der Waals surface area contributed by atoms with Crippen LogP contribution >= 0.6 is 0 Å². The molecule has 29 heavy (non-hydrogen) atoms. The number of aliphatic hydroxyl groups is 2. The van der Waals surface area contributed by atoms with E-state index in [1.807, 2.05) is 0 Å². The van der Waals surface area contributed by atoms with Crippen molar-refractivity contribution in [1.29, 1.82) is 0 Å². The molecule has 1 heterocycles. The van der Waals surface area contributed by atoms with Gasteiger partial charge in [0.05, 0.1) is 0 Å². The molecule has 0 spiro atoms. The lowest BCUT2D eigenvalue weighted by atomic mass is 10.0. The van der Waals surface area contributed by atoms with Gasteiger partial charge in [0.15, 0.2) is 12.1 Å². The molecule has 166 valence electrons. The molecule has 0 aromatic rings. The summed E-state index contributed by atoms with van der Waals surface area (Å²) in [6.07, 6.45) is 10.4. The van der Waals surface area contributed by atoms with Gasteiger partial charge in [-0.2, -0.15) is 0 Å². The van der Waals surface area contributed by atoms with Crippen molar-refractivity contribution in [3.8, 4) is 0 Å². The number of carbonyl (C=O) groups excluding carboxylic acids is 3. The Morgan fingerprint density at radius 2 is 1.72 bits per heavy atom. The Morgan fingerprint density at radius 1 is 1.10 bits per heavy atom. The molecule has 4 atom stereocenters. The number of ketones is 1. The van der Waals surface area contributed by atoms with Crippen molar-refractivity contribution >= 4 is 17.7 Å². The highest BCUT2D eigenvalue weighted by molar-refractivity contribution is 5.85. The van der Waals surface area contributed by atoms with E-state index in [1.54, 1.807) is 6.08 Å². The molecule has 0 radical (unpaired) electrons. The Balaban J connectivity index is 2.13. The summed E-state index contributed by atoms with van der Waals surface area (Å²) in [5, 5.41) is 22.5. The van der Waals surface area contributed by atoms with E-state index in [9.17, 15) is 24.6 Å². The first-order valence-corrected chi connectivity index (χ1v) is 10.9. The second-order valence-corrected chi connectivity index (χ2v) is 7.79. The molecule has 0 unspecified atom stereocenters. The Bertz CT molecular complexity index is 547. The van der Waals surface area contributed by atoms with Gasteiger partial charge in [0.1, 0.15) is 18.0 Å². The highest BCUT2D eigenvalue weighted by Crippen LogP contribution is 2.20. The second-order valence-electron chi connectivity index (χ2n) is 7.79. The second kappa shape index (κ2) is 14.3. The van der Waals surface area contributed by atoms with Crippen LogP contribution in [0.3, 0.4) is 0 Å². The van der Waals surface area contributed by atoms with Gasteiger partial charge in [-0.25, -0.2) is 4.79 Å². The molecule has 1 fully saturated rings. The monoisotopic (exact) mass is 411 g/mol. The minimum absolute atomic E-state index is 0.367. The van der Waals surface area contributed by atoms with Crippen molar-refractivity contribution in [3.63, 3.8) is 0 Å². The number of amides is 1. The molecule has 1 amide bonds. The lowest BCUT2D eigenvalue weighted by Crippen LogP contribution is -2.47. The maximum atomic E-state index is 11.8. The molecule has 1 saturated heterocycles. The quantitative estimate of drug-likeness (QED) is 0.217. The van der Waals surface area contributed by atoms with E-state index in [-0.39, 0.29) is 0 Å². The number of Topliss-reactive ketones (excluding diaryl/α,β-unsaturated/α-hetero) is 1. The van der Waals surface area contributed by atoms with Gasteiger partial charge in [0.2, 0.25) is 5.91 Å². The Kier molecular flexibility index (Phi) is 12.5. The molecule has 0 aromatic heterocycles. The van der Waals surface area contributed by atoms with E-state index < -0.39 is 36.2 Å². The summed E-state index contributed by atoms with van der Waals surface area (Å²) < 4.78 is 4.99. The van der Waals surface area contributed by atoms with Crippen LogP contribution in [-0.4, -0.2) is 52.2 Å². The van der Waals surface area contributed by atoms with Crippen molar-refractivity contribution in [2.45, 2.75) is 109 Å². The van der Waals surface area contributed by atoms with Crippen molar-refractivity contribution < 1.29 is 29.3 Å². The fraction of sp³-hybridized carbons (Fsp3) is 0.773. The number of allylic oxidation sites excluding steroid dienone is 1. The molecular formula is C22H37NO6. The lowest BCUT2D eigenvalue weighted by molar-refractivity contribution is -0.146. The van der Waals surface area contributed by atoms with Gasteiger partial charge in [-0.3, -0.25) is 9.59 Å². The topological polar surface area (TPSA) is 113 Å². The standard InChI is InChI=1S/C22H37NO6/c1-3-4-5-10-13-17(25)14-11-8-6-7-9-12-15-18(26)21-20(27)19(22(28)29-21)23-16(2)24/h12,15,18-21,26-27H,3-11,13-14H2,1-2H3,(H,23,24)/b15-12+/t18-,19+,20-,21-/m1/s1. The zero-order valence-corrected chi connectivity index (χ0v) is 17.8. The largest absolute Gasteiger partial charge is 0.455 e. The van der Waals surface area contributed by atoms with Crippen LogP contribution in [0.25, 0.3) is 0 Å². The molecule has 7 heteroatoms. The number of rotatable bonds is 15. The van der Waals surface area contributed by atoms with Gasteiger partial charge in [0, 0.05) is 19.8 Å². The van der Waals surface area contributed by atoms with Gasteiger partial charge in [-0.1, -0.05) is 51.2 Å². The normalized spacial score (nSPS) is 22.6. The number of nitrogens with one attached hydrogen (secondary N) is 1. The van der Waals surface area contributed by atoms with Crippen molar-refractivity contribution in [2.24, 2.45) is 0 Å². The van der Waals surface area contributed by atoms with Gasteiger partial charge < -0.3 is 20.3 Å². The molecule has 1 rings (SSSR count). The van der Waals surface area contributed by atoms with Crippen LogP contribution < -0.4 is 5.32 Å². The highest BCUT2D eigenvalue weighted by atomic mass is 16.6. The van der Waals surface area contributed by atoms with E-state index in [4.69, 9.17) is 4.74 Å². The molecule has 1 aliphatic heterocycles. The van der Waals surface area contributed by atoms with Crippen LogP contribution in [0.1, 0.15) is 84.5 Å². The molecule has 7 nitrogen and oxygen atoms in total. The van der Waals surface area contributed by atoms with E-state index in [1.165, 1.54) is 25.8 Å². The van der Waals surface area contributed by atoms with Crippen LogP contribution in [0.2, 0.25) is 0 Å². The van der Waals surface area contributed by atoms with Crippen LogP contribution in [0, 0.1) is 0 Å². The number of aliphatic hydroxyl groups excluding tert-OH is 2. The number of hydrogen-bond acceptors (Lipinski definition) is 6. The van der Waals surface area contributed by atoms with Crippen LogP contribution in [0.15, 0.2) is 12.2 Å². The van der Waals surface area contributed by atoms with E-state index in [0.717, 1.165) is 44.9 Å². The maximum Gasteiger partial charge on any atom is 0.332 e. The van der Waals surface area contributed by atoms with Gasteiger partial charge in [0.25, 0.3) is 0 Å². The zero-order valence-electron chi connectivity index (χ0n) is 17.8. The van der Waals surface area contributed by atoms with Crippen molar-refractivity contribution in [3.05, 3.63) is 12.2 Å². The van der Waals surface area contributed by atoms with Crippen LogP contribution in [-0.2, 0) is 19.1 Å². The van der Waals surface area contributed by atoms with Gasteiger partial charge >= 0.3 is 5.97 Å². The average molecular weight is 412 g/mol.